The highest BCUT2D eigenvalue weighted by Crippen LogP contribution is 2.25. The Bertz CT molecular complexity index is 447. The number of benzene rings is 1. The first-order chi connectivity index (χ1) is 6.22. The highest BCUT2D eigenvalue weighted by molar-refractivity contribution is 9.10. The van der Waals surface area contributed by atoms with Crippen LogP contribution in [0.3, 0.4) is 0 Å². The molecule has 2 aromatic rings. The van der Waals surface area contributed by atoms with Gasteiger partial charge in [0.1, 0.15) is 0 Å². The second kappa shape index (κ2) is 3.03. The summed E-state index contributed by atoms with van der Waals surface area (Å²) in [5.41, 5.74) is 8.59. The minimum absolute atomic E-state index is 0.753. The van der Waals surface area contributed by atoms with Gasteiger partial charge in [-0.2, -0.15) is 0 Å². The van der Waals surface area contributed by atoms with Crippen LogP contribution in [0.4, 0.5) is 5.69 Å². The number of aromatic nitrogens is 2. The first-order valence-corrected chi connectivity index (χ1v) is 4.91. The van der Waals surface area contributed by atoms with Crippen molar-refractivity contribution in [2.24, 2.45) is 0 Å². The Hall–Kier alpha value is -1.03. The van der Waals surface area contributed by atoms with E-state index in [0.29, 0.717) is 0 Å². The zero-order valence-corrected chi connectivity index (χ0v) is 8.87. The number of hydrogen-bond acceptors (Lipinski definition) is 2. The minimum atomic E-state index is 0.753. The van der Waals surface area contributed by atoms with E-state index in [1.807, 2.05) is 18.5 Å². The van der Waals surface area contributed by atoms with Gasteiger partial charge in [-0.25, -0.2) is 4.98 Å². The number of rotatable bonds is 1. The van der Waals surface area contributed by atoms with Gasteiger partial charge in [-0.05, 0) is 35.0 Å². The van der Waals surface area contributed by atoms with Gasteiger partial charge in [-0.15, -0.1) is 0 Å². The lowest BCUT2D eigenvalue weighted by molar-refractivity contribution is 0.787. The van der Waals surface area contributed by atoms with E-state index in [1.54, 1.807) is 0 Å². The molecule has 0 aliphatic heterocycles. The molecule has 1 heterocycles. The van der Waals surface area contributed by atoms with E-state index in [1.165, 1.54) is 0 Å². The highest BCUT2D eigenvalue weighted by atomic mass is 79.9. The monoisotopic (exact) mass is 239 g/mol. The second-order valence-corrected chi connectivity index (χ2v) is 3.75. The van der Waals surface area contributed by atoms with Crippen molar-refractivity contribution in [1.82, 2.24) is 9.55 Å². The van der Waals surface area contributed by atoms with E-state index in [2.05, 4.69) is 32.4 Å². The molecule has 2 rings (SSSR count). The fourth-order valence-electron chi connectivity index (χ4n) is 1.35. The van der Waals surface area contributed by atoms with Crippen LogP contribution in [0.15, 0.2) is 22.9 Å². The van der Waals surface area contributed by atoms with Crippen molar-refractivity contribution >= 4 is 32.7 Å². The number of imidazole rings is 1. The highest BCUT2D eigenvalue weighted by Gasteiger charge is 2.04. The van der Waals surface area contributed by atoms with Gasteiger partial charge >= 0.3 is 0 Å². The molecule has 1 aromatic heterocycles. The van der Waals surface area contributed by atoms with E-state index in [9.17, 15) is 0 Å². The molecule has 0 atom stereocenters. The fraction of sp³-hybridized carbons (Fsp3) is 0.222. The molecule has 0 radical (unpaired) electrons. The van der Waals surface area contributed by atoms with Gasteiger partial charge in [0.15, 0.2) is 0 Å². The number of anilines is 1. The fourth-order valence-corrected chi connectivity index (χ4v) is 1.68. The summed E-state index contributed by atoms with van der Waals surface area (Å²) in [7, 11) is 0. The summed E-state index contributed by atoms with van der Waals surface area (Å²) in [6.45, 7) is 3.00. The molecule has 0 bridgehead atoms. The van der Waals surface area contributed by atoms with Gasteiger partial charge in [0, 0.05) is 16.7 Å². The summed E-state index contributed by atoms with van der Waals surface area (Å²) >= 11 is 3.37. The Balaban J connectivity index is 2.77. The molecule has 1 aromatic carbocycles. The molecule has 0 fully saturated rings. The summed E-state index contributed by atoms with van der Waals surface area (Å²) < 4.78 is 2.97. The van der Waals surface area contributed by atoms with Gasteiger partial charge < -0.3 is 10.3 Å². The van der Waals surface area contributed by atoms with Crippen molar-refractivity contribution in [1.29, 1.82) is 0 Å². The van der Waals surface area contributed by atoms with Crippen LogP contribution in [0.5, 0.6) is 0 Å². The van der Waals surface area contributed by atoms with Gasteiger partial charge in [0.25, 0.3) is 0 Å². The van der Waals surface area contributed by atoms with Crippen LogP contribution < -0.4 is 5.73 Å². The molecule has 4 heteroatoms. The normalized spacial score (nSPS) is 10.9. The third-order valence-corrected chi connectivity index (χ3v) is 2.77. The maximum Gasteiger partial charge on any atom is 0.0958 e. The SMILES string of the molecule is CCn1cnc2cc(Br)c(N)cc21. The van der Waals surface area contributed by atoms with E-state index in [-0.39, 0.29) is 0 Å². The molecule has 68 valence electrons. The molecule has 3 nitrogen and oxygen atoms in total. The van der Waals surface area contributed by atoms with Gasteiger partial charge in [-0.1, -0.05) is 0 Å². The van der Waals surface area contributed by atoms with Crippen LogP contribution in [0.25, 0.3) is 11.0 Å². The largest absolute Gasteiger partial charge is 0.398 e. The Labute approximate surface area is 84.7 Å². The van der Waals surface area contributed by atoms with Crippen molar-refractivity contribution in [2.75, 3.05) is 5.73 Å². The van der Waals surface area contributed by atoms with Gasteiger partial charge in [0.05, 0.1) is 17.4 Å². The van der Waals surface area contributed by atoms with E-state index >= 15 is 0 Å². The molecule has 13 heavy (non-hydrogen) atoms. The third kappa shape index (κ3) is 1.31. The van der Waals surface area contributed by atoms with Crippen LogP contribution in [-0.4, -0.2) is 9.55 Å². The van der Waals surface area contributed by atoms with Crippen molar-refractivity contribution in [3.63, 3.8) is 0 Å². The maximum absolute atomic E-state index is 5.78. The first kappa shape index (κ1) is 8.56. The Morgan fingerprint density at radius 1 is 1.54 bits per heavy atom. The van der Waals surface area contributed by atoms with Crippen molar-refractivity contribution in [2.45, 2.75) is 13.5 Å². The molecule has 0 saturated carbocycles. The number of halogens is 1. The summed E-state index contributed by atoms with van der Waals surface area (Å²) in [4.78, 5) is 4.27. The third-order valence-electron chi connectivity index (χ3n) is 2.08. The average molecular weight is 240 g/mol. The number of nitrogens with two attached hydrogens (primary N) is 1. The predicted molar refractivity (Wildman–Crippen MR) is 57.5 cm³/mol. The lowest BCUT2D eigenvalue weighted by Crippen LogP contribution is -1.92. The number of fused-ring (bicyclic) bond motifs is 1. The van der Waals surface area contributed by atoms with Crippen LogP contribution >= 0.6 is 15.9 Å². The average Bonchev–Trinajstić information content (AvgIpc) is 2.48. The molecule has 0 aliphatic carbocycles. The topological polar surface area (TPSA) is 43.8 Å². The summed E-state index contributed by atoms with van der Waals surface area (Å²) in [5.74, 6) is 0. The molecule has 0 aliphatic rings. The van der Waals surface area contributed by atoms with Crippen LogP contribution in [0.2, 0.25) is 0 Å². The van der Waals surface area contributed by atoms with E-state index in [4.69, 9.17) is 5.73 Å². The Morgan fingerprint density at radius 3 is 3.00 bits per heavy atom. The Kier molecular flexibility index (Phi) is 2.00. The quantitative estimate of drug-likeness (QED) is 0.778. The standard InChI is InChI=1S/C9H10BrN3/c1-2-13-5-12-8-3-6(10)7(11)4-9(8)13/h3-5H,2,11H2,1H3. The first-order valence-electron chi connectivity index (χ1n) is 4.12. The lowest BCUT2D eigenvalue weighted by Gasteiger charge is -2.01. The van der Waals surface area contributed by atoms with E-state index in [0.717, 1.165) is 27.7 Å². The van der Waals surface area contributed by atoms with Crippen molar-refractivity contribution < 1.29 is 0 Å². The molecule has 0 amide bonds. The minimum Gasteiger partial charge on any atom is -0.398 e. The molecule has 0 spiro atoms. The summed E-state index contributed by atoms with van der Waals surface area (Å²) in [5, 5.41) is 0. The van der Waals surface area contributed by atoms with Crippen LogP contribution in [0, 0.1) is 0 Å². The zero-order valence-electron chi connectivity index (χ0n) is 7.29. The van der Waals surface area contributed by atoms with Crippen molar-refractivity contribution in [3.8, 4) is 0 Å². The molecular formula is C9H10BrN3. The zero-order chi connectivity index (χ0) is 9.42. The number of nitrogens with zero attached hydrogens (tertiary/aromatic N) is 2. The van der Waals surface area contributed by atoms with Gasteiger partial charge in [-0.3, -0.25) is 0 Å². The molecule has 0 saturated heterocycles. The predicted octanol–water partition coefficient (Wildman–Crippen LogP) is 2.40. The van der Waals surface area contributed by atoms with Crippen LogP contribution in [0.1, 0.15) is 6.92 Å². The summed E-state index contributed by atoms with van der Waals surface area (Å²) in [6, 6.07) is 3.88. The lowest BCUT2D eigenvalue weighted by atomic mass is 10.3. The van der Waals surface area contributed by atoms with Crippen molar-refractivity contribution in [3.05, 3.63) is 22.9 Å². The number of aryl methyl sites for hydroxylation is 1. The smallest absolute Gasteiger partial charge is 0.0958 e. The molecule has 2 N–H and O–H groups in total. The second-order valence-electron chi connectivity index (χ2n) is 2.89. The molecular weight excluding hydrogens is 230 g/mol. The molecule has 0 unspecified atom stereocenters. The van der Waals surface area contributed by atoms with Crippen LogP contribution in [-0.2, 0) is 6.54 Å². The number of hydrogen-bond donors (Lipinski definition) is 1. The van der Waals surface area contributed by atoms with Gasteiger partial charge in [0.2, 0.25) is 0 Å². The Morgan fingerprint density at radius 2 is 2.31 bits per heavy atom. The maximum atomic E-state index is 5.78. The number of nitrogen functional groups attached to an aromatic ring is 1. The van der Waals surface area contributed by atoms with E-state index < -0.39 is 0 Å². The summed E-state index contributed by atoms with van der Waals surface area (Å²) in [6.07, 6.45) is 1.83.